The zero-order chi connectivity index (χ0) is 22.8. The standard InChI is InChI=1S/C25H33NO6/c1-14(10-22-26-12-21(31-22)17-7-5-4-6-8-17)9-19-24(29)23(28)18(13-30-19)11-20-25(32-20)15(2)16(3)27/h4-8,10,12,15-16,18-20,23-25,27-29H,9,11,13H2,1-3H3/b14-10-. The first-order valence-electron chi connectivity index (χ1n) is 11.3. The highest BCUT2D eigenvalue weighted by Gasteiger charge is 2.48. The van der Waals surface area contributed by atoms with E-state index in [1.54, 1.807) is 13.1 Å². The molecule has 3 heterocycles. The van der Waals surface area contributed by atoms with Crippen LogP contribution in [0, 0.1) is 11.8 Å². The molecule has 2 aliphatic rings. The molecule has 174 valence electrons. The molecular formula is C25H33NO6. The van der Waals surface area contributed by atoms with Gasteiger partial charge in [-0.2, -0.15) is 0 Å². The fourth-order valence-electron chi connectivity index (χ4n) is 4.39. The van der Waals surface area contributed by atoms with E-state index in [0.717, 1.165) is 11.1 Å². The van der Waals surface area contributed by atoms with Gasteiger partial charge in [0.05, 0.1) is 43.3 Å². The van der Waals surface area contributed by atoms with E-state index >= 15 is 0 Å². The summed E-state index contributed by atoms with van der Waals surface area (Å²) in [5.74, 6) is 1.04. The molecule has 0 aliphatic carbocycles. The molecule has 0 saturated carbocycles. The maximum Gasteiger partial charge on any atom is 0.219 e. The van der Waals surface area contributed by atoms with Crippen molar-refractivity contribution in [3.63, 3.8) is 0 Å². The summed E-state index contributed by atoms with van der Waals surface area (Å²) in [7, 11) is 0. The molecule has 2 fully saturated rings. The lowest BCUT2D eigenvalue weighted by Crippen LogP contribution is -2.50. The second-order valence-electron chi connectivity index (χ2n) is 9.21. The molecule has 0 bridgehead atoms. The summed E-state index contributed by atoms with van der Waals surface area (Å²) < 4.78 is 17.4. The van der Waals surface area contributed by atoms with Crippen molar-refractivity contribution >= 4 is 6.08 Å². The number of rotatable bonds is 8. The quantitative estimate of drug-likeness (QED) is 0.538. The number of aliphatic hydroxyl groups is 3. The van der Waals surface area contributed by atoms with Gasteiger partial charge in [0.25, 0.3) is 0 Å². The Morgan fingerprint density at radius 1 is 1.16 bits per heavy atom. The lowest BCUT2D eigenvalue weighted by atomic mass is 9.85. The van der Waals surface area contributed by atoms with Crippen molar-refractivity contribution in [1.29, 1.82) is 0 Å². The number of benzene rings is 1. The smallest absolute Gasteiger partial charge is 0.219 e. The van der Waals surface area contributed by atoms with Crippen molar-refractivity contribution in [3.8, 4) is 11.3 Å². The molecule has 1 aromatic carbocycles. The maximum absolute atomic E-state index is 10.7. The van der Waals surface area contributed by atoms with Crippen LogP contribution >= 0.6 is 0 Å². The van der Waals surface area contributed by atoms with Crippen LogP contribution in [0.5, 0.6) is 0 Å². The Morgan fingerprint density at radius 3 is 2.62 bits per heavy atom. The van der Waals surface area contributed by atoms with Gasteiger partial charge in [-0.05, 0) is 32.8 Å². The van der Waals surface area contributed by atoms with Crippen LogP contribution < -0.4 is 0 Å². The molecule has 0 radical (unpaired) electrons. The first-order valence-corrected chi connectivity index (χ1v) is 11.3. The summed E-state index contributed by atoms with van der Waals surface area (Å²) >= 11 is 0. The minimum absolute atomic E-state index is 0.00271. The van der Waals surface area contributed by atoms with Gasteiger partial charge in [-0.25, -0.2) is 4.98 Å². The lowest BCUT2D eigenvalue weighted by molar-refractivity contribution is -0.165. The molecule has 2 aliphatic heterocycles. The number of aliphatic hydroxyl groups excluding tert-OH is 3. The predicted molar refractivity (Wildman–Crippen MR) is 120 cm³/mol. The van der Waals surface area contributed by atoms with E-state index in [4.69, 9.17) is 13.9 Å². The van der Waals surface area contributed by atoms with Crippen LogP contribution in [0.2, 0.25) is 0 Å². The first-order chi connectivity index (χ1) is 15.3. The van der Waals surface area contributed by atoms with Gasteiger partial charge in [-0.1, -0.05) is 42.8 Å². The van der Waals surface area contributed by atoms with Gasteiger partial charge < -0.3 is 29.2 Å². The van der Waals surface area contributed by atoms with E-state index in [0.29, 0.717) is 31.1 Å². The van der Waals surface area contributed by atoms with E-state index in [2.05, 4.69) is 4.98 Å². The Kier molecular flexibility index (Phi) is 7.12. The highest BCUT2D eigenvalue weighted by atomic mass is 16.6. The molecule has 7 nitrogen and oxygen atoms in total. The lowest BCUT2D eigenvalue weighted by Gasteiger charge is -2.38. The first kappa shape index (κ1) is 23.1. The molecule has 1 aromatic heterocycles. The van der Waals surface area contributed by atoms with Gasteiger partial charge in [-0.15, -0.1) is 0 Å². The minimum atomic E-state index is -0.979. The third kappa shape index (κ3) is 5.30. The summed E-state index contributed by atoms with van der Waals surface area (Å²) in [6.45, 7) is 6.01. The molecular weight excluding hydrogens is 410 g/mol. The van der Waals surface area contributed by atoms with Crippen molar-refractivity contribution in [1.82, 2.24) is 4.98 Å². The van der Waals surface area contributed by atoms with Crippen molar-refractivity contribution in [2.75, 3.05) is 6.61 Å². The highest BCUT2D eigenvalue weighted by Crippen LogP contribution is 2.38. The van der Waals surface area contributed by atoms with E-state index in [9.17, 15) is 15.3 Å². The molecule has 2 aromatic rings. The SMILES string of the molecule is C/C(=C/c1ncc(-c2ccccc2)o1)CC1OCC(CC2OC2C(C)C(C)O)C(O)C1O. The van der Waals surface area contributed by atoms with Gasteiger partial charge in [0.1, 0.15) is 6.10 Å². The maximum atomic E-state index is 10.7. The molecule has 8 unspecified atom stereocenters. The normalized spacial score (nSPS) is 32.5. The minimum Gasteiger partial charge on any atom is -0.437 e. The summed E-state index contributed by atoms with van der Waals surface area (Å²) in [6, 6.07) is 9.77. The van der Waals surface area contributed by atoms with E-state index in [1.165, 1.54) is 0 Å². The van der Waals surface area contributed by atoms with Crippen LogP contribution in [0.15, 0.2) is 46.5 Å². The second-order valence-corrected chi connectivity index (χ2v) is 9.21. The van der Waals surface area contributed by atoms with Crippen molar-refractivity contribution in [2.24, 2.45) is 11.8 Å². The van der Waals surface area contributed by atoms with Gasteiger partial charge in [0.2, 0.25) is 5.89 Å². The summed E-state index contributed by atoms with van der Waals surface area (Å²) in [4.78, 5) is 4.32. The van der Waals surface area contributed by atoms with Crippen LogP contribution in [-0.4, -0.2) is 63.5 Å². The zero-order valence-electron chi connectivity index (χ0n) is 18.8. The van der Waals surface area contributed by atoms with Crippen LogP contribution in [0.4, 0.5) is 0 Å². The fourth-order valence-corrected chi connectivity index (χ4v) is 4.39. The average Bonchev–Trinajstić information content (AvgIpc) is 3.39. The van der Waals surface area contributed by atoms with Crippen LogP contribution in [0.1, 0.15) is 39.5 Å². The highest BCUT2D eigenvalue weighted by molar-refractivity contribution is 5.57. The summed E-state index contributed by atoms with van der Waals surface area (Å²) in [6.07, 6.45) is 1.83. The van der Waals surface area contributed by atoms with Crippen LogP contribution in [0.3, 0.4) is 0 Å². The Labute approximate surface area is 188 Å². The molecule has 3 N–H and O–H groups in total. The Morgan fingerprint density at radius 2 is 1.91 bits per heavy atom. The van der Waals surface area contributed by atoms with Gasteiger partial charge >= 0.3 is 0 Å². The Bertz CT molecular complexity index is 910. The van der Waals surface area contributed by atoms with Crippen molar-refractivity contribution in [2.45, 2.75) is 70.2 Å². The van der Waals surface area contributed by atoms with E-state index in [1.807, 2.05) is 50.3 Å². The summed E-state index contributed by atoms with van der Waals surface area (Å²) in [5.41, 5.74) is 1.90. The topological polar surface area (TPSA) is 108 Å². The van der Waals surface area contributed by atoms with Crippen LogP contribution in [0.25, 0.3) is 17.4 Å². The number of nitrogens with zero attached hydrogens (tertiary/aromatic N) is 1. The Hall–Kier alpha value is -2.03. The van der Waals surface area contributed by atoms with Crippen molar-refractivity contribution < 1.29 is 29.2 Å². The molecule has 8 atom stereocenters. The zero-order valence-corrected chi connectivity index (χ0v) is 18.8. The third-order valence-corrected chi connectivity index (χ3v) is 6.65. The van der Waals surface area contributed by atoms with Gasteiger partial charge in [0, 0.05) is 17.4 Å². The number of hydrogen-bond donors (Lipinski definition) is 3. The summed E-state index contributed by atoms with van der Waals surface area (Å²) in [5, 5.41) is 31.0. The Balaban J connectivity index is 1.30. The van der Waals surface area contributed by atoms with Crippen molar-refractivity contribution in [3.05, 3.63) is 48.0 Å². The fraction of sp³-hybridized carbons (Fsp3) is 0.560. The number of ether oxygens (including phenoxy) is 2. The number of hydrogen-bond acceptors (Lipinski definition) is 7. The largest absolute Gasteiger partial charge is 0.437 e. The predicted octanol–water partition coefficient (Wildman–Crippen LogP) is 3.05. The average molecular weight is 444 g/mol. The molecule has 4 rings (SSSR count). The number of epoxide rings is 1. The third-order valence-electron chi connectivity index (χ3n) is 6.65. The number of oxazole rings is 1. The molecule has 0 spiro atoms. The molecule has 32 heavy (non-hydrogen) atoms. The molecule has 7 heteroatoms. The van der Waals surface area contributed by atoms with Gasteiger partial charge in [-0.3, -0.25) is 0 Å². The molecule has 0 amide bonds. The number of aromatic nitrogens is 1. The monoisotopic (exact) mass is 443 g/mol. The second kappa shape index (κ2) is 9.85. The molecule has 2 saturated heterocycles. The van der Waals surface area contributed by atoms with E-state index < -0.39 is 24.4 Å². The van der Waals surface area contributed by atoms with E-state index in [-0.39, 0.29) is 24.0 Å². The van der Waals surface area contributed by atoms with Crippen LogP contribution in [-0.2, 0) is 9.47 Å². The van der Waals surface area contributed by atoms with Gasteiger partial charge in [0.15, 0.2) is 5.76 Å².